The van der Waals surface area contributed by atoms with Crippen molar-refractivity contribution in [2.24, 2.45) is 0 Å². The Balaban J connectivity index is 1.53. The molecule has 7 heteroatoms. The van der Waals surface area contributed by atoms with Crippen LogP contribution in [0.2, 0.25) is 0 Å². The summed E-state index contributed by atoms with van der Waals surface area (Å²) < 4.78 is 0. The number of non-ortho nitro benzene ring substituents is 1. The summed E-state index contributed by atoms with van der Waals surface area (Å²) >= 11 is 0. The summed E-state index contributed by atoms with van der Waals surface area (Å²) in [4.78, 5) is 34.3. The molecule has 0 atom stereocenters. The van der Waals surface area contributed by atoms with Crippen LogP contribution in [0.25, 0.3) is 10.8 Å². The van der Waals surface area contributed by atoms with E-state index in [1.165, 1.54) is 24.3 Å². The van der Waals surface area contributed by atoms with Gasteiger partial charge in [-0.05, 0) is 23.6 Å². The Hall–Kier alpha value is -3.74. The predicted octanol–water partition coefficient (Wildman–Crippen LogP) is 3.51. The fourth-order valence-corrected chi connectivity index (χ4v) is 2.67. The summed E-state index contributed by atoms with van der Waals surface area (Å²) in [5.74, 6) is -0.599. The Morgan fingerprint density at radius 2 is 1.63 bits per heavy atom. The number of carbonyl (C=O) groups excluding carboxylic acids is 2. The maximum absolute atomic E-state index is 12.2. The fourth-order valence-electron chi connectivity index (χ4n) is 2.67. The number of nitro groups is 1. The van der Waals surface area contributed by atoms with Gasteiger partial charge in [0.15, 0.2) is 0 Å². The predicted molar refractivity (Wildman–Crippen MR) is 103 cm³/mol. The van der Waals surface area contributed by atoms with Crippen LogP contribution < -0.4 is 10.6 Å². The van der Waals surface area contributed by atoms with E-state index in [-0.39, 0.29) is 30.5 Å². The molecule has 0 radical (unpaired) electrons. The minimum absolute atomic E-state index is 0.0824. The van der Waals surface area contributed by atoms with Crippen molar-refractivity contribution in [1.29, 1.82) is 0 Å². The second kappa shape index (κ2) is 8.09. The van der Waals surface area contributed by atoms with Gasteiger partial charge in [0.1, 0.15) is 0 Å². The van der Waals surface area contributed by atoms with Crippen LogP contribution in [0.4, 0.5) is 11.4 Å². The van der Waals surface area contributed by atoms with Crippen LogP contribution in [-0.2, 0) is 4.79 Å². The molecular weight excluding hydrogens is 346 g/mol. The Labute approximate surface area is 155 Å². The normalized spacial score (nSPS) is 10.4. The van der Waals surface area contributed by atoms with E-state index in [1.54, 1.807) is 0 Å². The van der Waals surface area contributed by atoms with Crippen LogP contribution in [0.1, 0.15) is 16.8 Å². The number of carbonyl (C=O) groups is 2. The van der Waals surface area contributed by atoms with Crippen molar-refractivity contribution < 1.29 is 14.5 Å². The van der Waals surface area contributed by atoms with Gasteiger partial charge in [-0.15, -0.1) is 0 Å². The van der Waals surface area contributed by atoms with Gasteiger partial charge in [-0.3, -0.25) is 19.7 Å². The number of benzene rings is 3. The van der Waals surface area contributed by atoms with Gasteiger partial charge < -0.3 is 10.6 Å². The lowest BCUT2D eigenvalue weighted by Gasteiger charge is -2.09. The molecule has 0 aromatic heterocycles. The molecule has 3 aromatic rings. The summed E-state index contributed by atoms with van der Waals surface area (Å²) in [5, 5.41) is 18.1. The van der Waals surface area contributed by atoms with Crippen LogP contribution in [-0.4, -0.2) is 23.3 Å². The van der Waals surface area contributed by atoms with E-state index >= 15 is 0 Å². The van der Waals surface area contributed by atoms with Crippen molar-refractivity contribution in [2.75, 3.05) is 11.9 Å². The molecule has 0 saturated carbocycles. The first-order valence-corrected chi connectivity index (χ1v) is 8.35. The van der Waals surface area contributed by atoms with Gasteiger partial charge in [-0.25, -0.2) is 0 Å². The third kappa shape index (κ3) is 4.46. The van der Waals surface area contributed by atoms with Crippen molar-refractivity contribution in [3.05, 3.63) is 82.4 Å². The molecule has 0 spiro atoms. The molecule has 136 valence electrons. The lowest BCUT2D eigenvalue weighted by atomic mass is 10.1. The molecule has 0 unspecified atom stereocenters. The maximum atomic E-state index is 12.2. The highest BCUT2D eigenvalue weighted by Crippen LogP contribution is 2.22. The lowest BCUT2D eigenvalue weighted by molar-refractivity contribution is -0.384. The molecule has 2 N–H and O–H groups in total. The highest BCUT2D eigenvalue weighted by Gasteiger charge is 2.10. The zero-order valence-electron chi connectivity index (χ0n) is 14.3. The average Bonchev–Trinajstić information content (AvgIpc) is 2.68. The van der Waals surface area contributed by atoms with Crippen molar-refractivity contribution >= 4 is 34.0 Å². The maximum Gasteiger partial charge on any atom is 0.269 e. The van der Waals surface area contributed by atoms with Gasteiger partial charge >= 0.3 is 0 Å². The zero-order chi connectivity index (χ0) is 19.2. The lowest BCUT2D eigenvalue weighted by Crippen LogP contribution is -2.27. The SMILES string of the molecule is O=C(CCNC(=O)c1ccc([N+](=O)[O-])cc1)Nc1cccc2ccccc12. The third-order valence-electron chi connectivity index (χ3n) is 4.04. The van der Waals surface area contributed by atoms with E-state index in [0.717, 1.165) is 16.5 Å². The second-order valence-corrected chi connectivity index (χ2v) is 5.88. The van der Waals surface area contributed by atoms with Gasteiger partial charge in [0, 0.05) is 41.7 Å². The molecule has 0 saturated heterocycles. The molecule has 0 heterocycles. The first-order valence-electron chi connectivity index (χ1n) is 8.35. The number of hydrogen-bond donors (Lipinski definition) is 2. The van der Waals surface area contributed by atoms with Crippen LogP contribution in [0.3, 0.4) is 0 Å². The molecular formula is C20H17N3O4. The van der Waals surface area contributed by atoms with Crippen molar-refractivity contribution in [3.8, 4) is 0 Å². The van der Waals surface area contributed by atoms with Gasteiger partial charge in [-0.1, -0.05) is 36.4 Å². The topological polar surface area (TPSA) is 101 Å². The molecule has 27 heavy (non-hydrogen) atoms. The highest BCUT2D eigenvalue weighted by molar-refractivity contribution is 6.02. The number of rotatable bonds is 6. The Bertz CT molecular complexity index is 994. The number of nitrogens with zero attached hydrogens (tertiary/aromatic N) is 1. The van der Waals surface area contributed by atoms with Crippen LogP contribution in [0, 0.1) is 10.1 Å². The van der Waals surface area contributed by atoms with Crippen LogP contribution in [0.15, 0.2) is 66.7 Å². The van der Waals surface area contributed by atoms with Crippen molar-refractivity contribution in [1.82, 2.24) is 5.32 Å². The molecule has 0 aliphatic carbocycles. The average molecular weight is 363 g/mol. The molecule has 2 amide bonds. The summed E-state index contributed by atoms with van der Waals surface area (Å²) in [6, 6.07) is 18.7. The number of nitrogens with one attached hydrogen (secondary N) is 2. The summed E-state index contributed by atoms with van der Waals surface area (Å²) in [5.41, 5.74) is 0.941. The molecule has 3 aromatic carbocycles. The number of amides is 2. The second-order valence-electron chi connectivity index (χ2n) is 5.88. The largest absolute Gasteiger partial charge is 0.352 e. The van der Waals surface area contributed by atoms with E-state index in [1.807, 2.05) is 42.5 Å². The first kappa shape index (κ1) is 18.1. The minimum Gasteiger partial charge on any atom is -0.352 e. The first-order chi connectivity index (χ1) is 13.0. The molecule has 3 rings (SSSR count). The summed E-state index contributed by atoms with van der Waals surface area (Å²) in [6.45, 7) is 0.159. The quantitative estimate of drug-likeness (QED) is 0.517. The van der Waals surface area contributed by atoms with E-state index < -0.39 is 4.92 Å². The fraction of sp³-hybridized carbons (Fsp3) is 0.100. The van der Waals surface area contributed by atoms with Crippen LogP contribution in [0.5, 0.6) is 0 Å². The van der Waals surface area contributed by atoms with Gasteiger partial charge in [0.2, 0.25) is 5.91 Å². The Kier molecular flexibility index (Phi) is 5.41. The van der Waals surface area contributed by atoms with Gasteiger partial charge in [0.05, 0.1) is 4.92 Å². The number of nitro benzene ring substituents is 1. The number of fused-ring (bicyclic) bond motifs is 1. The molecule has 7 nitrogen and oxygen atoms in total. The van der Waals surface area contributed by atoms with E-state index in [2.05, 4.69) is 10.6 Å². The standard InChI is InChI=1S/C20H17N3O4/c24-19(22-18-7-3-5-14-4-1-2-6-17(14)18)12-13-21-20(25)15-8-10-16(11-9-15)23(26)27/h1-11H,12-13H2,(H,21,25)(H,22,24). The van der Waals surface area contributed by atoms with E-state index in [9.17, 15) is 19.7 Å². The number of anilines is 1. The summed E-state index contributed by atoms with van der Waals surface area (Å²) in [7, 11) is 0. The Morgan fingerprint density at radius 3 is 2.37 bits per heavy atom. The Morgan fingerprint density at radius 1 is 0.926 bits per heavy atom. The molecule has 0 fully saturated rings. The minimum atomic E-state index is -0.528. The molecule has 0 bridgehead atoms. The molecule has 0 aliphatic heterocycles. The van der Waals surface area contributed by atoms with E-state index in [4.69, 9.17) is 0 Å². The van der Waals surface area contributed by atoms with Crippen molar-refractivity contribution in [2.45, 2.75) is 6.42 Å². The van der Waals surface area contributed by atoms with Gasteiger partial charge in [-0.2, -0.15) is 0 Å². The smallest absolute Gasteiger partial charge is 0.269 e. The third-order valence-corrected chi connectivity index (χ3v) is 4.04. The molecule has 0 aliphatic rings. The van der Waals surface area contributed by atoms with E-state index in [0.29, 0.717) is 5.56 Å². The summed E-state index contributed by atoms with van der Waals surface area (Å²) in [6.07, 6.45) is 0.113. The van der Waals surface area contributed by atoms with Gasteiger partial charge in [0.25, 0.3) is 11.6 Å². The highest BCUT2D eigenvalue weighted by atomic mass is 16.6. The number of hydrogen-bond acceptors (Lipinski definition) is 4. The van der Waals surface area contributed by atoms with Crippen molar-refractivity contribution in [3.63, 3.8) is 0 Å². The zero-order valence-corrected chi connectivity index (χ0v) is 14.3. The monoisotopic (exact) mass is 363 g/mol. The van der Waals surface area contributed by atoms with Crippen LogP contribution >= 0.6 is 0 Å².